The van der Waals surface area contributed by atoms with Crippen molar-refractivity contribution in [1.29, 1.82) is 0 Å². The Bertz CT molecular complexity index is 826. The molecule has 0 aliphatic carbocycles. The van der Waals surface area contributed by atoms with Crippen molar-refractivity contribution < 1.29 is 14.7 Å². The summed E-state index contributed by atoms with van der Waals surface area (Å²) in [7, 11) is 0. The van der Waals surface area contributed by atoms with Crippen LogP contribution in [0.1, 0.15) is 11.1 Å². The Morgan fingerprint density at radius 1 is 0.833 bits per heavy atom. The first kappa shape index (κ1) is 16.6. The molecule has 1 aliphatic heterocycles. The van der Waals surface area contributed by atoms with E-state index in [1.807, 2.05) is 12.1 Å². The van der Waals surface area contributed by atoms with Gasteiger partial charge in [-0.25, -0.2) is 0 Å². The number of carbonyl (C=O) groups is 2. The maximum atomic E-state index is 12.5. The molecule has 6 heteroatoms. The van der Waals surface area contributed by atoms with Gasteiger partial charge < -0.3 is 5.11 Å². The Balaban J connectivity index is 1.78. The van der Waals surface area contributed by atoms with E-state index in [0.717, 1.165) is 10.5 Å². The van der Waals surface area contributed by atoms with E-state index in [0.29, 0.717) is 22.0 Å². The predicted octanol–water partition coefficient (Wildman–Crippen LogP) is 3.87. The summed E-state index contributed by atoms with van der Waals surface area (Å²) in [6.07, 6.45) is 0.482. The smallest absolute Gasteiger partial charge is 0.296 e. The number of hydrogen-bond acceptors (Lipinski definition) is 3. The lowest BCUT2D eigenvalue weighted by molar-refractivity contribution is -0.138. The first-order chi connectivity index (χ1) is 11.5. The largest absolute Gasteiger partial charge is 0.502 e. The van der Waals surface area contributed by atoms with Crippen molar-refractivity contribution in [1.82, 2.24) is 4.90 Å². The van der Waals surface area contributed by atoms with Crippen LogP contribution in [0, 0.1) is 0 Å². The van der Waals surface area contributed by atoms with Gasteiger partial charge in [-0.3, -0.25) is 14.5 Å². The summed E-state index contributed by atoms with van der Waals surface area (Å²) in [6.45, 7) is 0.181. The first-order valence-corrected chi connectivity index (χ1v) is 8.03. The summed E-state index contributed by atoms with van der Waals surface area (Å²) in [6, 6.07) is 13.6. The molecule has 4 nitrogen and oxygen atoms in total. The highest BCUT2D eigenvalue weighted by atomic mass is 35.5. The van der Waals surface area contributed by atoms with E-state index in [1.54, 1.807) is 36.4 Å². The molecular formula is C18H13Cl2NO3. The minimum atomic E-state index is -0.682. The second-order valence-corrected chi connectivity index (χ2v) is 6.24. The molecule has 122 valence electrons. The Labute approximate surface area is 148 Å². The molecule has 3 rings (SSSR count). The average molecular weight is 362 g/mol. The predicted molar refractivity (Wildman–Crippen MR) is 92.9 cm³/mol. The number of benzene rings is 2. The number of aliphatic hydroxyl groups is 1. The van der Waals surface area contributed by atoms with E-state index < -0.39 is 17.6 Å². The second kappa shape index (κ2) is 6.67. The van der Waals surface area contributed by atoms with Gasteiger partial charge in [-0.05, 0) is 41.8 Å². The van der Waals surface area contributed by atoms with Crippen LogP contribution >= 0.6 is 23.2 Å². The minimum Gasteiger partial charge on any atom is -0.502 e. The van der Waals surface area contributed by atoms with Crippen molar-refractivity contribution >= 4 is 40.6 Å². The maximum Gasteiger partial charge on any atom is 0.296 e. The lowest BCUT2D eigenvalue weighted by Gasteiger charge is -2.14. The molecule has 1 heterocycles. The molecule has 1 N–H and O–H groups in total. The maximum absolute atomic E-state index is 12.5. The van der Waals surface area contributed by atoms with Gasteiger partial charge >= 0.3 is 0 Å². The van der Waals surface area contributed by atoms with E-state index in [4.69, 9.17) is 23.2 Å². The van der Waals surface area contributed by atoms with E-state index in [1.165, 1.54) is 0 Å². The number of carbonyl (C=O) groups excluding carboxylic acids is 2. The van der Waals surface area contributed by atoms with Gasteiger partial charge in [0.15, 0.2) is 5.76 Å². The highest BCUT2D eigenvalue weighted by molar-refractivity contribution is 6.35. The fraction of sp³-hybridized carbons (Fsp3) is 0.111. The van der Waals surface area contributed by atoms with Gasteiger partial charge in [0.25, 0.3) is 11.8 Å². The van der Waals surface area contributed by atoms with Crippen LogP contribution < -0.4 is 0 Å². The van der Waals surface area contributed by atoms with Crippen molar-refractivity contribution in [3.8, 4) is 0 Å². The molecule has 2 aromatic carbocycles. The third-order valence-corrected chi connectivity index (χ3v) is 4.32. The zero-order chi connectivity index (χ0) is 17.3. The highest BCUT2D eigenvalue weighted by Gasteiger charge is 2.38. The van der Waals surface area contributed by atoms with E-state index in [-0.39, 0.29) is 12.1 Å². The van der Waals surface area contributed by atoms with Gasteiger partial charge in [0, 0.05) is 16.6 Å². The quantitative estimate of drug-likeness (QED) is 0.840. The van der Waals surface area contributed by atoms with E-state index >= 15 is 0 Å². The molecule has 24 heavy (non-hydrogen) atoms. The summed E-state index contributed by atoms with van der Waals surface area (Å²) in [5, 5.41) is 11.2. The van der Waals surface area contributed by atoms with Crippen molar-refractivity contribution in [2.45, 2.75) is 6.42 Å². The summed E-state index contributed by atoms with van der Waals surface area (Å²) in [5.41, 5.74) is 1.41. The Kier molecular flexibility index (Phi) is 4.60. The molecular weight excluding hydrogens is 349 g/mol. The van der Waals surface area contributed by atoms with Gasteiger partial charge in [0.1, 0.15) is 0 Å². The molecule has 0 saturated heterocycles. The number of hydrogen-bond donors (Lipinski definition) is 1. The van der Waals surface area contributed by atoms with E-state index in [2.05, 4.69) is 0 Å². The third-order valence-electron chi connectivity index (χ3n) is 3.81. The number of nitrogens with zero attached hydrogens (tertiary/aromatic N) is 1. The Morgan fingerprint density at radius 3 is 1.96 bits per heavy atom. The highest BCUT2D eigenvalue weighted by Crippen LogP contribution is 2.29. The lowest BCUT2D eigenvalue weighted by Crippen LogP contribution is -2.33. The zero-order valence-electron chi connectivity index (χ0n) is 12.5. The zero-order valence-corrected chi connectivity index (χ0v) is 14.0. The van der Waals surface area contributed by atoms with Crippen LogP contribution in [0.15, 0.2) is 54.3 Å². The van der Waals surface area contributed by atoms with Gasteiger partial charge in [0.05, 0.1) is 5.57 Å². The van der Waals surface area contributed by atoms with Crippen LogP contribution in [-0.2, 0) is 16.0 Å². The van der Waals surface area contributed by atoms with Crippen LogP contribution in [-0.4, -0.2) is 28.4 Å². The van der Waals surface area contributed by atoms with Crippen LogP contribution in [0.4, 0.5) is 0 Å². The number of aliphatic hydroxyl groups excluding tert-OH is 1. The number of rotatable bonds is 4. The number of imide groups is 1. The SMILES string of the molecule is O=C1C(O)=C(c2ccc(Cl)cc2)C(=O)N1CCc1ccc(Cl)cc1. The molecule has 0 fully saturated rings. The van der Waals surface area contributed by atoms with Crippen molar-refractivity contribution in [2.75, 3.05) is 6.54 Å². The third kappa shape index (κ3) is 3.16. The summed E-state index contributed by atoms with van der Waals surface area (Å²) >= 11 is 11.7. The Hall–Kier alpha value is -2.30. The first-order valence-electron chi connectivity index (χ1n) is 7.27. The molecule has 2 aromatic rings. The molecule has 0 spiro atoms. The normalized spacial score (nSPS) is 14.7. The Morgan fingerprint density at radius 2 is 1.38 bits per heavy atom. The molecule has 0 saturated carbocycles. The standard InChI is InChI=1S/C18H13Cl2NO3/c19-13-5-1-11(2-6-13)9-10-21-17(23)15(16(22)18(21)24)12-3-7-14(20)8-4-12/h1-8,22H,9-10H2. The topological polar surface area (TPSA) is 57.6 Å². The van der Waals surface area contributed by atoms with Crippen LogP contribution in [0.3, 0.4) is 0 Å². The molecule has 0 bridgehead atoms. The summed E-state index contributed by atoms with van der Waals surface area (Å²) < 4.78 is 0. The molecule has 0 atom stereocenters. The second-order valence-electron chi connectivity index (χ2n) is 5.37. The van der Waals surface area contributed by atoms with E-state index in [9.17, 15) is 14.7 Å². The van der Waals surface area contributed by atoms with Crippen LogP contribution in [0.2, 0.25) is 10.0 Å². The van der Waals surface area contributed by atoms with Crippen molar-refractivity contribution in [3.05, 3.63) is 75.5 Å². The van der Waals surface area contributed by atoms with Crippen LogP contribution in [0.5, 0.6) is 0 Å². The number of halogens is 2. The fourth-order valence-electron chi connectivity index (χ4n) is 2.54. The van der Waals surface area contributed by atoms with Gasteiger partial charge in [-0.1, -0.05) is 47.5 Å². The van der Waals surface area contributed by atoms with Crippen LogP contribution in [0.25, 0.3) is 5.57 Å². The molecule has 0 aromatic heterocycles. The molecule has 0 unspecified atom stereocenters. The minimum absolute atomic E-state index is 0.00720. The fourth-order valence-corrected chi connectivity index (χ4v) is 2.79. The monoisotopic (exact) mass is 361 g/mol. The van der Waals surface area contributed by atoms with Crippen molar-refractivity contribution in [2.24, 2.45) is 0 Å². The number of amides is 2. The molecule has 1 aliphatic rings. The van der Waals surface area contributed by atoms with Gasteiger partial charge in [-0.15, -0.1) is 0 Å². The summed E-state index contributed by atoms with van der Waals surface area (Å²) in [4.78, 5) is 25.8. The van der Waals surface area contributed by atoms with Gasteiger partial charge in [-0.2, -0.15) is 0 Å². The van der Waals surface area contributed by atoms with Gasteiger partial charge in [0.2, 0.25) is 0 Å². The summed E-state index contributed by atoms with van der Waals surface area (Å²) in [5.74, 6) is -1.72. The molecule has 2 amide bonds. The lowest BCUT2D eigenvalue weighted by atomic mass is 10.1. The van der Waals surface area contributed by atoms with Crippen molar-refractivity contribution in [3.63, 3.8) is 0 Å². The molecule has 0 radical (unpaired) electrons. The average Bonchev–Trinajstić information content (AvgIpc) is 2.78.